The third-order valence-corrected chi connectivity index (χ3v) is 6.05. The van der Waals surface area contributed by atoms with Gasteiger partial charge < -0.3 is 4.90 Å². The molecule has 2 heterocycles. The van der Waals surface area contributed by atoms with Crippen molar-refractivity contribution >= 4 is 45.6 Å². The molecule has 0 saturated carbocycles. The highest BCUT2D eigenvalue weighted by Gasteiger charge is 2.34. The van der Waals surface area contributed by atoms with Crippen molar-refractivity contribution in [2.75, 3.05) is 16.8 Å². The molecule has 3 aromatic rings. The Balaban J connectivity index is 1.46. The van der Waals surface area contributed by atoms with Gasteiger partial charge in [0.15, 0.2) is 0 Å². The highest BCUT2D eigenvalue weighted by atomic mass is 35.5. The van der Waals surface area contributed by atoms with Gasteiger partial charge in [-0.1, -0.05) is 47.2 Å². The van der Waals surface area contributed by atoms with Crippen LogP contribution in [0.1, 0.15) is 33.3 Å². The van der Waals surface area contributed by atoms with Crippen LogP contribution in [0.4, 0.5) is 10.8 Å². The lowest BCUT2D eigenvalue weighted by atomic mass is 10.1. The van der Waals surface area contributed by atoms with Crippen LogP contribution in [0.3, 0.4) is 0 Å². The molecule has 0 aliphatic carbocycles. The van der Waals surface area contributed by atoms with Gasteiger partial charge in [0.05, 0.1) is 0 Å². The molecule has 0 radical (unpaired) electrons. The number of rotatable bonds is 4. The summed E-state index contributed by atoms with van der Waals surface area (Å²) in [5, 5.41) is 12.8. The minimum atomic E-state index is -0.235. The van der Waals surface area contributed by atoms with Crippen LogP contribution in [0.25, 0.3) is 0 Å². The maximum Gasteiger partial charge on any atom is 0.257 e. The normalized spacial score (nSPS) is 16.4. The number of anilines is 2. The second-order valence-corrected chi connectivity index (χ2v) is 8.02. The molecule has 6 nitrogen and oxygen atoms in total. The lowest BCUT2D eigenvalue weighted by Gasteiger charge is -2.17. The molecule has 0 spiro atoms. The third kappa shape index (κ3) is 3.76. The molecule has 28 heavy (non-hydrogen) atoms. The summed E-state index contributed by atoms with van der Waals surface area (Å²) in [5.41, 5.74) is 2.31. The van der Waals surface area contributed by atoms with E-state index in [-0.39, 0.29) is 17.7 Å². The van der Waals surface area contributed by atoms with Crippen molar-refractivity contribution < 1.29 is 9.59 Å². The molecule has 142 valence electrons. The van der Waals surface area contributed by atoms with Crippen LogP contribution in [0.5, 0.6) is 0 Å². The lowest BCUT2D eigenvalue weighted by molar-refractivity contribution is -0.117. The minimum Gasteiger partial charge on any atom is -0.312 e. The van der Waals surface area contributed by atoms with Crippen LogP contribution in [-0.2, 0) is 4.79 Å². The average molecular weight is 413 g/mol. The van der Waals surface area contributed by atoms with E-state index in [1.165, 1.54) is 11.3 Å². The van der Waals surface area contributed by atoms with Crippen LogP contribution < -0.4 is 10.2 Å². The zero-order chi connectivity index (χ0) is 19.7. The number of carbonyl (C=O) groups excluding carboxylic acids is 2. The van der Waals surface area contributed by atoms with E-state index >= 15 is 0 Å². The molecule has 1 saturated heterocycles. The second-order valence-electron chi connectivity index (χ2n) is 6.60. The van der Waals surface area contributed by atoms with Gasteiger partial charge in [0, 0.05) is 35.2 Å². The minimum absolute atomic E-state index is 0.0231. The summed E-state index contributed by atoms with van der Waals surface area (Å²) in [6, 6.07) is 14.5. The molecule has 1 aliphatic heterocycles. The summed E-state index contributed by atoms with van der Waals surface area (Å²) >= 11 is 7.50. The van der Waals surface area contributed by atoms with Crippen molar-refractivity contribution in [1.29, 1.82) is 0 Å². The van der Waals surface area contributed by atoms with Gasteiger partial charge >= 0.3 is 0 Å². The Kier molecular flexibility index (Phi) is 5.11. The molecule has 1 aliphatic rings. The number of carbonyl (C=O) groups is 2. The first kappa shape index (κ1) is 18.6. The fourth-order valence-electron chi connectivity index (χ4n) is 3.08. The van der Waals surface area contributed by atoms with Gasteiger partial charge in [0.2, 0.25) is 11.0 Å². The highest BCUT2D eigenvalue weighted by molar-refractivity contribution is 7.15. The van der Waals surface area contributed by atoms with Crippen LogP contribution >= 0.6 is 22.9 Å². The second kappa shape index (κ2) is 7.69. The van der Waals surface area contributed by atoms with Crippen LogP contribution in [-0.4, -0.2) is 28.6 Å². The third-order valence-electron chi connectivity index (χ3n) is 4.64. The van der Waals surface area contributed by atoms with Gasteiger partial charge in [0.25, 0.3) is 5.91 Å². The summed E-state index contributed by atoms with van der Waals surface area (Å²) < 4.78 is 0. The summed E-state index contributed by atoms with van der Waals surface area (Å²) in [6.45, 7) is 2.44. The molecule has 8 heteroatoms. The smallest absolute Gasteiger partial charge is 0.257 e. The van der Waals surface area contributed by atoms with Crippen molar-refractivity contribution in [3.63, 3.8) is 0 Å². The molecular weight excluding hydrogens is 396 g/mol. The van der Waals surface area contributed by atoms with Crippen molar-refractivity contribution in [2.24, 2.45) is 0 Å². The molecule has 2 aromatic carbocycles. The Hall–Kier alpha value is -2.77. The molecule has 0 unspecified atom stereocenters. The van der Waals surface area contributed by atoms with E-state index in [0.29, 0.717) is 28.7 Å². The maximum absolute atomic E-state index is 12.5. The number of halogens is 1. The zero-order valence-electron chi connectivity index (χ0n) is 15.1. The number of nitrogens with zero attached hydrogens (tertiary/aromatic N) is 3. The van der Waals surface area contributed by atoms with Crippen LogP contribution in [0.2, 0.25) is 5.02 Å². The van der Waals surface area contributed by atoms with E-state index in [4.69, 9.17) is 11.6 Å². The van der Waals surface area contributed by atoms with Gasteiger partial charge in [-0.15, -0.1) is 10.2 Å². The number of hydrogen-bond donors (Lipinski definition) is 1. The number of nitrogens with one attached hydrogen (secondary N) is 1. The number of benzene rings is 2. The van der Waals surface area contributed by atoms with Gasteiger partial charge in [-0.3, -0.25) is 14.9 Å². The highest BCUT2D eigenvalue weighted by Crippen LogP contribution is 2.35. The van der Waals surface area contributed by atoms with E-state index in [2.05, 4.69) is 15.5 Å². The molecule has 1 fully saturated rings. The first-order chi connectivity index (χ1) is 13.5. The predicted octanol–water partition coefficient (Wildman–Crippen LogP) is 4.27. The summed E-state index contributed by atoms with van der Waals surface area (Å²) in [4.78, 5) is 26.5. The fraction of sp³-hybridized carbons (Fsp3) is 0.200. The SMILES string of the molecule is Cc1ccc(N2C[C@H](c3nnc(NC(=O)c4ccccc4)s3)CC2=O)cc1Cl. The van der Waals surface area contributed by atoms with Crippen molar-refractivity contribution in [2.45, 2.75) is 19.3 Å². The average Bonchev–Trinajstić information content (AvgIpc) is 3.31. The standard InChI is InChI=1S/C20H17ClN4O2S/c1-12-7-8-15(10-16(12)21)25-11-14(9-17(25)26)19-23-24-20(28-19)22-18(27)13-5-3-2-4-6-13/h2-8,10,14H,9,11H2,1H3,(H,22,24,27)/t14-/m1/s1. The number of aryl methyl sites for hydroxylation is 1. The Morgan fingerprint density at radius 1 is 1.21 bits per heavy atom. The summed E-state index contributed by atoms with van der Waals surface area (Å²) in [7, 11) is 0. The monoisotopic (exact) mass is 412 g/mol. The number of hydrogen-bond acceptors (Lipinski definition) is 5. The Morgan fingerprint density at radius 2 is 2.00 bits per heavy atom. The molecule has 1 atom stereocenters. The molecule has 1 aromatic heterocycles. The topological polar surface area (TPSA) is 75.2 Å². The molecule has 2 amide bonds. The Bertz CT molecular complexity index is 1040. The van der Waals surface area contributed by atoms with Crippen molar-refractivity contribution in [3.8, 4) is 0 Å². The quantitative estimate of drug-likeness (QED) is 0.694. The summed E-state index contributed by atoms with van der Waals surface area (Å²) in [5.74, 6) is -0.274. The number of aromatic nitrogens is 2. The van der Waals surface area contributed by atoms with E-state index in [0.717, 1.165) is 16.3 Å². The first-order valence-electron chi connectivity index (χ1n) is 8.77. The van der Waals surface area contributed by atoms with Gasteiger partial charge in [-0.2, -0.15) is 0 Å². The van der Waals surface area contributed by atoms with Crippen molar-refractivity contribution in [1.82, 2.24) is 10.2 Å². The summed E-state index contributed by atoms with van der Waals surface area (Å²) in [6.07, 6.45) is 0.354. The van der Waals surface area contributed by atoms with Crippen molar-refractivity contribution in [3.05, 3.63) is 69.7 Å². The Labute approximate surface area is 171 Å². The molecular formula is C20H17ClN4O2S. The maximum atomic E-state index is 12.5. The molecule has 4 rings (SSSR count). The van der Waals surface area contributed by atoms with E-state index in [1.807, 2.05) is 31.2 Å². The van der Waals surface area contributed by atoms with E-state index in [1.54, 1.807) is 29.2 Å². The largest absolute Gasteiger partial charge is 0.312 e. The number of amides is 2. The first-order valence-corrected chi connectivity index (χ1v) is 9.97. The van der Waals surface area contributed by atoms with Gasteiger partial charge in [-0.05, 0) is 36.8 Å². The lowest BCUT2D eigenvalue weighted by Crippen LogP contribution is -2.24. The predicted molar refractivity (Wildman–Crippen MR) is 110 cm³/mol. The van der Waals surface area contributed by atoms with Crippen LogP contribution in [0, 0.1) is 6.92 Å². The van der Waals surface area contributed by atoms with Gasteiger partial charge in [0.1, 0.15) is 5.01 Å². The van der Waals surface area contributed by atoms with Gasteiger partial charge in [-0.25, -0.2) is 0 Å². The molecule has 1 N–H and O–H groups in total. The van der Waals surface area contributed by atoms with E-state index < -0.39 is 0 Å². The Morgan fingerprint density at radius 3 is 2.75 bits per heavy atom. The fourth-order valence-corrected chi connectivity index (χ4v) is 4.09. The zero-order valence-corrected chi connectivity index (χ0v) is 16.6. The van der Waals surface area contributed by atoms with Crippen LogP contribution in [0.15, 0.2) is 48.5 Å². The van der Waals surface area contributed by atoms with E-state index in [9.17, 15) is 9.59 Å². The molecule has 0 bridgehead atoms.